The van der Waals surface area contributed by atoms with E-state index >= 15 is 0 Å². The molecule has 0 spiro atoms. The third kappa shape index (κ3) is 6.76. The first-order chi connectivity index (χ1) is 23.0. The summed E-state index contributed by atoms with van der Waals surface area (Å²) in [5.74, 6) is 0.876. The van der Waals surface area contributed by atoms with Crippen LogP contribution in [0.5, 0.6) is 5.75 Å². The minimum atomic E-state index is -0.139. The molecule has 0 bridgehead atoms. The van der Waals surface area contributed by atoms with E-state index in [-0.39, 0.29) is 37.6 Å². The number of rotatable bonds is 5. The second-order valence-corrected chi connectivity index (χ2v) is 14.5. The number of fused-ring (bicyclic) bond motifs is 1. The van der Waals surface area contributed by atoms with Gasteiger partial charge in [-0.3, -0.25) is 9.55 Å². The molecule has 5 heteroatoms. The predicted octanol–water partition coefficient (Wildman–Crippen LogP) is 11.2. The number of phenols is 1. The summed E-state index contributed by atoms with van der Waals surface area (Å²) in [5, 5.41) is 11.1. The molecule has 4 nitrogen and oxygen atoms in total. The molecule has 0 saturated heterocycles. The van der Waals surface area contributed by atoms with E-state index in [1.165, 1.54) is 11.1 Å². The van der Waals surface area contributed by atoms with Gasteiger partial charge in [0, 0.05) is 38.6 Å². The summed E-state index contributed by atoms with van der Waals surface area (Å²) < 4.78 is 2.17. The number of aromatic hydroxyl groups is 1. The SMILES string of the molecule is CC(C)(C)c1cc(-c2cc(-c3ccccc3)ccn2)[c-]c(-c2cc(C(C)(C)C)cc3c2nc(-c2ccccc2O)n3-c2ccccc2)c1.[Pt]. The van der Waals surface area contributed by atoms with Gasteiger partial charge in [-0.15, -0.1) is 29.3 Å². The summed E-state index contributed by atoms with van der Waals surface area (Å²) >= 11 is 0. The maximum atomic E-state index is 11.1. The van der Waals surface area contributed by atoms with Gasteiger partial charge in [-0.25, -0.2) is 4.98 Å². The maximum absolute atomic E-state index is 11.1. The Morgan fingerprint density at radius 3 is 1.90 bits per heavy atom. The third-order valence-electron chi connectivity index (χ3n) is 8.95. The van der Waals surface area contributed by atoms with Crippen molar-refractivity contribution in [2.24, 2.45) is 0 Å². The van der Waals surface area contributed by atoms with Crippen molar-refractivity contribution in [3.63, 3.8) is 0 Å². The van der Waals surface area contributed by atoms with Crippen LogP contribution in [0.4, 0.5) is 0 Å². The Kier molecular flexibility index (Phi) is 9.22. The van der Waals surface area contributed by atoms with Crippen LogP contribution in [0, 0.1) is 6.07 Å². The van der Waals surface area contributed by atoms with Crippen LogP contribution >= 0.6 is 0 Å². The average molecular weight is 822 g/mol. The van der Waals surface area contributed by atoms with E-state index in [0.717, 1.165) is 50.2 Å². The average Bonchev–Trinajstić information content (AvgIpc) is 3.47. The molecule has 0 radical (unpaired) electrons. The second-order valence-electron chi connectivity index (χ2n) is 14.5. The number of para-hydroxylation sites is 2. The Morgan fingerprint density at radius 2 is 1.22 bits per heavy atom. The summed E-state index contributed by atoms with van der Waals surface area (Å²) in [4.78, 5) is 10.2. The van der Waals surface area contributed by atoms with Crippen molar-refractivity contribution in [2.45, 2.75) is 52.4 Å². The smallest absolute Gasteiger partial charge is 0.148 e. The molecule has 0 saturated carbocycles. The Bertz CT molecular complexity index is 2260. The van der Waals surface area contributed by atoms with Gasteiger partial charge >= 0.3 is 0 Å². The van der Waals surface area contributed by atoms with E-state index in [1.807, 2.05) is 48.7 Å². The number of benzene rings is 5. The molecule has 248 valence electrons. The molecule has 0 atom stereocenters. The molecule has 0 aliphatic carbocycles. The summed E-state index contributed by atoms with van der Waals surface area (Å²) in [5.41, 5.74) is 11.6. The molecule has 1 N–H and O–H groups in total. The number of hydrogen-bond acceptors (Lipinski definition) is 3. The summed E-state index contributed by atoms with van der Waals surface area (Å²) in [6.07, 6.45) is 1.88. The molecule has 49 heavy (non-hydrogen) atoms. The fourth-order valence-corrected chi connectivity index (χ4v) is 6.17. The number of aromatic nitrogens is 3. The molecule has 0 amide bonds. The van der Waals surface area contributed by atoms with Gasteiger partial charge in [0.05, 0.1) is 16.6 Å². The number of pyridine rings is 1. The first-order valence-electron chi connectivity index (χ1n) is 16.5. The third-order valence-corrected chi connectivity index (χ3v) is 8.95. The Hall–Kier alpha value is -4.79. The molecule has 0 aliphatic rings. The molecule has 0 fully saturated rings. The number of imidazole rings is 1. The van der Waals surface area contributed by atoms with E-state index in [1.54, 1.807) is 6.07 Å². The molecular weight excluding hydrogens is 782 g/mol. The van der Waals surface area contributed by atoms with Crippen LogP contribution < -0.4 is 0 Å². The van der Waals surface area contributed by atoms with E-state index in [4.69, 9.17) is 9.97 Å². The number of hydrogen-bond donors (Lipinski definition) is 1. The van der Waals surface area contributed by atoms with Gasteiger partial charge in [-0.2, -0.15) is 0 Å². The Balaban J connectivity index is 0.00000417. The van der Waals surface area contributed by atoms with Gasteiger partial charge < -0.3 is 5.11 Å². The molecule has 2 heterocycles. The largest absolute Gasteiger partial charge is 0.507 e. The molecule has 7 aromatic rings. The fraction of sp³-hybridized carbons (Fsp3) is 0.182. The standard InChI is InChI=1S/C44H40N3O.Pt/c1-43(2,3)33-24-31(23-32(25-33)38-26-30(21-22-45-38)29-15-9-7-10-16-29)37-27-34(44(4,5)6)28-39-41(37)46-42(36-19-13-14-20-40(36)48)47(39)35-17-11-8-12-18-35;/h7-22,24-28,48H,1-6H3;/q-1;. The molecule has 7 rings (SSSR count). The van der Waals surface area contributed by atoms with E-state index in [0.29, 0.717) is 11.4 Å². The molecule has 0 unspecified atom stereocenters. The zero-order valence-corrected chi connectivity index (χ0v) is 31.0. The van der Waals surface area contributed by atoms with Crippen LogP contribution in [-0.2, 0) is 31.9 Å². The van der Waals surface area contributed by atoms with Crippen molar-refractivity contribution in [1.82, 2.24) is 14.5 Å². The first kappa shape index (κ1) is 34.1. The monoisotopic (exact) mass is 821 g/mol. The van der Waals surface area contributed by atoms with E-state index < -0.39 is 0 Å². The van der Waals surface area contributed by atoms with Crippen LogP contribution in [0.15, 0.2) is 128 Å². The zero-order chi connectivity index (χ0) is 33.6. The van der Waals surface area contributed by atoms with Gasteiger partial charge in [0.2, 0.25) is 0 Å². The molecule has 5 aromatic carbocycles. The molecular formula is C44H40N3OPt-. The van der Waals surface area contributed by atoms with Gasteiger partial charge in [0.1, 0.15) is 11.6 Å². The summed E-state index contributed by atoms with van der Waals surface area (Å²) in [6.45, 7) is 13.4. The van der Waals surface area contributed by atoms with E-state index in [9.17, 15) is 5.11 Å². The summed E-state index contributed by atoms with van der Waals surface area (Å²) in [6, 6.07) is 45.1. The second kappa shape index (κ2) is 13.3. The maximum Gasteiger partial charge on any atom is 0.148 e. The quantitative estimate of drug-likeness (QED) is 0.176. The minimum absolute atomic E-state index is 0. The fourth-order valence-electron chi connectivity index (χ4n) is 6.17. The minimum Gasteiger partial charge on any atom is -0.507 e. The van der Waals surface area contributed by atoms with Crippen molar-refractivity contribution in [3.8, 4) is 56.3 Å². The van der Waals surface area contributed by atoms with Crippen molar-refractivity contribution >= 4 is 11.0 Å². The van der Waals surface area contributed by atoms with Crippen LogP contribution in [0.2, 0.25) is 0 Å². The van der Waals surface area contributed by atoms with Gasteiger partial charge in [0.15, 0.2) is 0 Å². The number of nitrogens with zero attached hydrogens (tertiary/aromatic N) is 3. The number of phenolic OH excluding ortho intramolecular Hbond substituents is 1. The van der Waals surface area contributed by atoms with Crippen LogP contribution in [0.25, 0.3) is 61.6 Å². The van der Waals surface area contributed by atoms with E-state index in [2.05, 4.69) is 125 Å². The zero-order valence-electron chi connectivity index (χ0n) is 28.7. The van der Waals surface area contributed by atoms with Crippen LogP contribution in [-0.4, -0.2) is 19.6 Å². The Morgan fingerprint density at radius 1 is 0.612 bits per heavy atom. The van der Waals surface area contributed by atoms with Crippen LogP contribution in [0.1, 0.15) is 52.7 Å². The predicted molar refractivity (Wildman–Crippen MR) is 199 cm³/mol. The molecule has 0 aliphatic heterocycles. The normalized spacial score (nSPS) is 11.8. The van der Waals surface area contributed by atoms with Gasteiger partial charge in [-0.1, -0.05) is 125 Å². The van der Waals surface area contributed by atoms with Crippen LogP contribution in [0.3, 0.4) is 0 Å². The Labute approximate surface area is 303 Å². The van der Waals surface area contributed by atoms with Crippen molar-refractivity contribution in [3.05, 3.63) is 145 Å². The molecule has 2 aromatic heterocycles. The van der Waals surface area contributed by atoms with Crippen molar-refractivity contribution < 1.29 is 26.2 Å². The van der Waals surface area contributed by atoms with Gasteiger partial charge in [-0.05, 0) is 63.9 Å². The first-order valence-corrected chi connectivity index (χ1v) is 16.5. The van der Waals surface area contributed by atoms with Gasteiger partial charge in [0.25, 0.3) is 0 Å². The topological polar surface area (TPSA) is 50.9 Å². The summed E-state index contributed by atoms with van der Waals surface area (Å²) in [7, 11) is 0. The van der Waals surface area contributed by atoms with Crippen molar-refractivity contribution in [2.75, 3.05) is 0 Å². The van der Waals surface area contributed by atoms with Crippen molar-refractivity contribution in [1.29, 1.82) is 0 Å².